The third-order valence-electron chi connectivity index (χ3n) is 6.07. The SMILES string of the molecule is COc1ccc(Cl)cc1NC(=O)c1c(NCc2cccc(OC)c2OC)sc2c1CCC(C)C2. The van der Waals surface area contributed by atoms with Gasteiger partial charge in [0.25, 0.3) is 5.91 Å². The molecule has 6 nitrogen and oxygen atoms in total. The summed E-state index contributed by atoms with van der Waals surface area (Å²) in [5, 5.41) is 7.90. The smallest absolute Gasteiger partial charge is 0.259 e. The van der Waals surface area contributed by atoms with E-state index >= 15 is 0 Å². The van der Waals surface area contributed by atoms with Gasteiger partial charge in [0.2, 0.25) is 0 Å². The molecule has 1 atom stereocenters. The zero-order chi connectivity index (χ0) is 24.2. The lowest BCUT2D eigenvalue weighted by atomic mass is 9.88. The predicted octanol–water partition coefficient (Wildman–Crippen LogP) is 6.42. The molecular weight excluding hydrogens is 472 g/mol. The predicted molar refractivity (Wildman–Crippen MR) is 138 cm³/mol. The molecule has 0 aliphatic heterocycles. The molecule has 3 aromatic rings. The number of hydrogen-bond donors (Lipinski definition) is 2. The zero-order valence-corrected chi connectivity index (χ0v) is 21.4. The summed E-state index contributed by atoms with van der Waals surface area (Å²) in [6.07, 6.45) is 2.92. The molecule has 0 bridgehead atoms. The van der Waals surface area contributed by atoms with Gasteiger partial charge in [0.15, 0.2) is 11.5 Å². The molecule has 1 unspecified atom stereocenters. The molecule has 0 spiro atoms. The van der Waals surface area contributed by atoms with Crippen LogP contribution in [0.2, 0.25) is 5.02 Å². The van der Waals surface area contributed by atoms with Crippen LogP contribution in [0.4, 0.5) is 10.7 Å². The highest BCUT2D eigenvalue weighted by Crippen LogP contribution is 2.41. The minimum Gasteiger partial charge on any atom is -0.495 e. The number of nitrogens with one attached hydrogen (secondary N) is 2. The van der Waals surface area contributed by atoms with Gasteiger partial charge in [0.1, 0.15) is 10.8 Å². The Labute approximate surface area is 209 Å². The Balaban J connectivity index is 1.67. The molecule has 0 saturated heterocycles. The number of rotatable bonds is 8. The lowest BCUT2D eigenvalue weighted by Crippen LogP contribution is -2.18. The Morgan fingerprint density at radius 3 is 2.65 bits per heavy atom. The van der Waals surface area contributed by atoms with Crippen molar-refractivity contribution in [2.45, 2.75) is 32.7 Å². The van der Waals surface area contributed by atoms with Gasteiger partial charge in [-0.25, -0.2) is 0 Å². The second-order valence-corrected chi connectivity index (χ2v) is 9.90. The molecule has 1 amide bonds. The number of halogens is 1. The van der Waals surface area contributed by atoms with Crippen LogP contribution >= 0.6 is 22.9 Å². The fourth-order valence-corrected chi connectivity index (χ4v) is 5.92. The summed E-state index contributed by atoms with van der Waals surface area (Å²) in [5.74, 6) is 2.34. The first-order valence-electron chi connectivity index (χ1n) is 11.2. The van der Waals surface area contributed by atoms with Crippen molar-refractivity contribution in [3.63, 3.8) is 0 Å². The molecule has 1 aliphatic rings. The normalized spacial score (nSPS) is 14.8. The molecule has 1 heterocycles. The summed E-state index contributed by atoms with van der Waals surface area (Å²) in [4.78, 5) is 14.8. The maximum atomic E-state index is 13.6. The van der Waals surface area contributed by atoms with Crippen LogP contribution in [-0.4, -0.2) is 27.2 Å². The summed E-state index contributed by atoms with van der Waals surface area (Å²) in [7, 11) is 4.82. The Kier molecular flexibility index (Phi) is 7.54. The number of para-hydroxylation sites is 1. The summed E-state index contributed by atoms with van der Waals surface area (Å²) in [6.45, 7) is 2.75. The van der Waals surface area contributed by atoms with Gasteiger partial charge in [0, 0.05) is 22.0 Å². The number of anilines is 2. The van der Waals surface area contributed by atoms with Crippen molar-refractivity contribution in [1.29, 1.82) is 0 Å². The first kappa shape index (κ1) is 24.2. The third-order valence-corrected chi connectivity index (χ3v) is 7.52. The van der Waals surface area contributed by atoms with Gasteiger partial charge in [-0.05, 0) is 55.0 Å². The fraction of sp³-hybridized carbons (Fsp3) is 0.346. The number of carbonyl (C=O) groups is 1. The minimum atomic E-state index is -0.173. The summed E-state index contributed by atoms with van der Waals surface area (Å²) in [6, 6.07) is 11.0. The van der Waals surface area contributed by atoms with Gasteiger partial charge in [-0.3, -0.25) is 4.79 Å². The minimum absolute atomic E-state index is 0.173. The number of fused-ring (bicyclic) bond motifs is 1. The van der Waals surface area contributed by atoms with E-state index in [1.54, 1.807) is 50.9 Å². The molecule has 4 rings (SSSR count). The van der Waals surface area contributed by atoms with Crippen molar-refractivity contribution in [3.05, 3.63) is 63.0 Å². The van der Waals surface area contributed by atoms with Crippen LogP contribution in [0.1, 0.15) is 39.7 Å². The quantitative estimate of drug-likeness (QED) is 0.373. The van der Waals surface area contributed by atoms with E-state index in [-0.39, 0.29) is 5.91 Å². The standard InChI is InChI=1S/C26H29ClN2O4S/c1-15-8-10-18-22(12-15)34-26(28-14-16-6-5-7-21(32-3)24(16)33-4)23(18)25(30)29-19-13-17(27)9-11-20(19)31-2/h5-7,9,11,13,15,28H,8,10,12,14H2,1-4H3,(H,29,30). The van der Waals surface area contributed by atoms with E-state index in [0.29, 0.717) is 46.0 Å². The van der Waals surface area contributed by atoms with Crippen molar-refractivity contribution in [1.82, 2.24) is 0 Å². The first-order chi connectivity index (χ1) is 16.4. The Morgan fingerprint density at radius 2 is 1.91 bits per heavy atom. The van der Waals surface area contributed by atoms with E-state index in [1.165, 1.54) is 4.88 Å². The summed E-state index contributed by atoms with van der Waals surface area (Å²) < 4.78 is 16.4. The lowest BCUT2D eigenvalue weighted by molar-refractivity contribution is 0.102. The van der Waals surface area contributed by atoms with E-state index in [2.05, 4.69) is 17.6 Å². The number of amides is 1. The fourth-order valence-electron chi connectivity index (χ4n) is 4.35. The summed E-state index contributed by atoms with van der Waals surface area (Å²) >= 11 is 7.84. The molecule has 0 fully saturated rings. The molecule has 2 N–H and O–H groups in total. The van der Waals surface area contributed by atoms with E-state index < -0.39 is 0 Å². The molecule has 8 heteroatoms. The number of hydrogen-bond acceptors (Lipinski definition) is 6. The maximum absolute atomic E-state index is 13.6. The van der Waals surface area contributed by atoms with E-state index in [1.807, 2.05) is 18.2 Å². The Bertz CT molecular complexity index is 1190. The second-order valence-electron chi connectivity index (χ2n) is 8.36. The average molecular weight is 501 g/mol. The Hall–Kier alpha value is -2.90. The van der Waals surface area contributed by atoms with Crippen LogP contribution in [0.25, 0.3) is 0 Å². The largest absolute Gasteiger partial charge is 0.495 e. The molecular formula is C26H29ClN2O4S. The van der Waals surface area contributed by atoms with Crippen molar-refractivity contribution < 1.29 is 19.0 Å². The number of benzene rings is 2. The van der Waals surface area contributed by atoms with E-state index in [0.717, 1.165) is 35.4 Å². The lowest BCUT2D eigenvalue weighted by Gasteiger charge is -2.19. The van der Waals surface area contributed by atoms with Crippen LogP contribution in [-0.2, 0) is 19.4 Å². The van der Waals surface area contributed by atoms with Gasteiger partial charge in [-0.15, -0.1) is 11.3 Å². The first-order valence-corrected chi connectivity index (χ1v) is 12.4. The summed E-state index contributed by atoms with van der Waals surface area (Å²) in [5.41, 5.74) is 3.31. The molecule has 0 saturated carbocycles. The van der Waals surface area contributed by atoms with Crippen molar-refractivity contribution in [2.24, 2.45) is 5.92 Å². The van der Waals surface area contributed by atoms with Gasteiger partial charge >= 0.3 is 0 Å². The van der Waals surface area contributed by atoms with Crippen molar-refractivity contribution >= 4 is 39.5 Å². The van der Waals surface area contributed by atoms with Crippen LogP contribution in [0.15, 0.2) is 36.4 Å². The molecule has 2 aromatic carbocycles. The van der Waals surface area contributed by atoms with Crippen LogP contribution in [0.3, 0.4) is 0 Å². The maximum Gasteiger partial charge on any atom is 0.259 e. The van der Waals surface area contributed by atoms with Gasteiger partial charge in [0.05, 0.1) is 32.6 Å². The average Bonchev–Trinajstić information content (AvgIpc) is 3.19. The zero-order valence-electron chi connectivity index (χ0n) is 19.8. The van der Waals surface area contributed by atoms with Crippen LogP contribution in [0.5, 0.6) is 17.2 Å². The molecule has 0 radical (unpaired) electrons. The third kappa shape index (κ3) is 4.95. The molecule has 1 aliphatic carbocycles. The number of thiophene rings is 1. The van der Waals surface area contributed by atoms with Crippen molar-refractivity contribution in [3.8, 4) is 17.2 Å². The van der Waals surface area contributed by atoms with E-state index in [9.17, 15) is 4.79 Å². The topological polar surface area (TPSA) is 68.8 Å². The molecule has 180 valence electrons. The Morgan fingerprint density at radius 1 is 1.12 bits per heavy atom. The molecule has 34 heavy (non-hydrogen) atoms. The molecule has 1 aromatic heterocycles. The van der Waals surface area contributed by atoms with Gasteiger partial charge in [-0.2, -0.15) is 0 Å². The number of ether oxygens (including phenoxy) is 3. The second kappa shape index (κ2) is 10.6. The van der Waals surface area contributed by atoms with Crippen LogP contribution < -0.4 is 24.8 Å². The number of methoxy groups -OCH3 is 3. The van der Waals surface area contributed by atoms with Crippen molar-refractivity contribution in [2.75, 3.05) is 32.0 Å². The van der Waals surface area contributed by atoms with E-state index in [4.69, 9.17) is 25.8 Å². The highest BCUT2D eigenvalue weighted by atomic mass is 35.5. The van der Waals surface area contributed by atoms with Gasteiger partial charge in [-0.1, -0.05) is 30.7 Å². The highest BCUT2D eigenvalue weighted by molar-refractivity contribution is 7.16. The highest BCUT2D eigenvalue weighted by Gasteiger charge is 2.28. The van der Waals surface area contributed by atoms with Crippen LogP contribution in [0, 0.1) is 5.92 Å². The van der Waals surface area contributed by atoms with Gasteiger partial charge < -0.3 is 24.8 Å². The number of carbonyl (C=O) groups excluding carboxylic acids is 1. The monoisotopic (exact) mass is 500 g/mol.